The van der Waals surface area contributed by atoms with Gasteiger partial charge < -0.3 is 9.11 Å². The van der Waals surface area contributed by atoms with E-state index in [4.69, 9.17) is 17.5 Å². The van der Waals surface area contributed by atoms with Crippen molar-refractivity contribution < 1.29 is 47.1 Å². The molecule has 0 saturated carbocycles. The Morgan fingerprint density at radius 2 is 0.882 bits per heavy atom. The van der Waals surface area contributed by atoms with E-state index >= 15 is 0 Å². The van der Waals surface area contributed by atoms with Crippen molar-refractivity contribution in [2.75, 3.05) is 0 Å². The maximum Gasteiger partial charge on any atom is 1.00 e. The van der Waals surface area contributed by atoms with Gasteiger partial charge in [0.25, 0.3) is 0 Å². The van der Waals surface area contributed by atoms with Crippen LogP contribution in [0, 0.1) is 0 Å². The standard InChI is InChI=1S/C11H24.Na.H2O4S/c1-3-5-7-9-11-10-8-6-4-2;;1-5(2,3)4/h3-11H2,1-2H3;;(H2,1,2,3,4)/q;+1;/p-2. The first-order valence-electron chi connectivity index (χ1n) is 6.08. The molecule has 0 fully saturated rings. The van der Waals surface area contributed by atoms with Gasteiger partial charge in [-0.05, 0) is 0 Å². The molecule has 0 aromatic heterocycles. The number of rotatable bonds is 8. The summed E-state index contributed by atoms with van der Waals surface area (Å²) < 4.78 is 34.1. The zero-order chi connectivity index (χ0) is 12.9. The second-order valence-corrected chi connectivity index (χ2v) is 4.70. The van der Waals surface area contributed by atoms with Crippen LogP contribution in [0.1, 0.15) is 71.6 Å². The average molecular weight is 275 g/mol. The summed E-state index contributed by atoms with van der Waals surface area (Å²) in [5, 5.41) is 0. The Morgan fingerprint density at radius 3 is 1.06 bits per heavy atom. The van der Waals surface area contributed by atoms with Crippen LogP contribution >= 0.6 is 0 Å². The Hall–Kier alpha value is 0.870. The molecule has 4 nitrogen and oxygen atoms in total. The molecule has 0 amide bonds. The van der Waals surface area contributed by atoms with Gasteiger partial charge in [0.1, 0.15) is 0 Å². The van der Waals surface area contributed by atoms with Gasteiger partial charge in [0.2, 0.25) is 0 Å². The molecule has 0 saturated heterocycles. The second kappa shape index (κ2) is 16.9. The number of hydrogen-bond donors (Lipinski definition) is 0. The van der Waals surface area contributed by atoms with Crippen molar-refractivity contribution in [2.24, 2.45) is 0 Å². The molecule has 0 bridgehead atoms. The topological polar surface area (TPSA) is 80.3 Å². The first kappa shape index (κ1) is 23.0. The molecule has 0 radical (unpaired) electrons. The second-order valence-electron chi connectivity index (χ2n) is 3.88. The summed E-state index contributed by atoms with van der Waals surface area (Å²) in [6.07, 6.45) is 13.0. The van der Waals surface area contributed by atoms with Crippen LogP contribution < -0.4 is 29.6 Å². The Bertz CT molecular complexity index is 202. The van der Waals surface area contributed by atoms with E-state index in [1.54, 1.807) is 0 Å². The quantitative estimate of drug-likeness (QED) is 0.274. The van der Waals surface area contributed by atoms with Gasteiger partial charge in [-0.1, -0.05) is 71.6 Å². The molecule has 0 aliphatic heterocycles. The Labute approximate surface area is 128 Å². The van der Waals surface area contributed by atoms with E-state index in [2.05, 4.69) is 13.8 Å². The van der Waals surface area contributed by atoms with E-state index in [0.29, 0.717) is 0 Å². The van der Waals surface area contributed by atoms with E-state index in [9.17, 15) is 0 Å². The summed E-state index contributed by atoms with van der Waals surface area (Å²) in [5.74, 6) is 0. The summed E-state index contributed by atoms with van der Waals surface area (Å²) in [7, 11) is -5.17. The zero-order valence-corrected chi connectivity index (χ0v) is 14.2. The minimum atomic E-state index is -5.17. The average Bonchev–Trinajstić information content (AvgIpc) is 2.14. The van der Waals surface area contributed by atoms with Crippen molar-refractivity contribution in [3.63, 3.8) is 0 Å². The predicted molar refractivity (Wildman–Crippen MR) is 63.4 cm³/mol. The molecule has 0 N–H and O–H groups in total. The summed E-state index contributed by atoms with van der Waals surface area (Å²) >= 11 is 0. The third-order valence-electron chi connectivity index (χ3n) is 2.21. The van der Waals surface area contributed by atoms with Gasteiger partial charge in [-0.25, -0.2) is 0 Å². The van der Waals surface area contributed by atoms with Crippen molar-refractivity contribution >= 4 is 10.4 Å². The van der Waals surface area contributed by atoms with Gasteiger partial charge in [0.15, 0.2) is 0 Å². The van der Waals surface area contributed by atoms with Crippen molar-refractivity contribution in [3.8, 4) is 0 Å². The maximum atomic E-state index is 8.52. The van der Waals surface area contributed by atoms with Gasteiger partial charge in [0.05, 0.1) is 0 Å². The largest absolute Gasteiger partial charge is 1.00 e. The van der Waals surface area contributed by atoms with E-state index in [0.717, 1.165) is 0 Å². The SMILES string of the molecule is CCCCCCCCCCC.O=S(=O)([O-])[O-].[Na+]. The molecule has 0 rings (SSSR count). The molecule has 17 heavy (non-hydrogen) atoms. The van der Waals surface area contributed by atoms with Crippen LogP contribution in [0.5, 0.6) is 0 Å². The first-order chi connectivity index (χ1) is 7.41. The molecule has 6 heteroatoms. The number of unbranched alkanes of at least 4 members (excludes halogenated alkanes) is 8. The van der Waals surface area contributed by atoms with Crippen LogP contribution in [-0.4, -0.2) is 17.5 Å². The molecule has 0 aromatic carbocycles. The first-order valence-corrected chi connectivity index (χ1v) is 7.41. The van der Waals surface area contributed by atoms with Crippen LogP contribution in [0.25, 0.3) is 0 Å². The molecule has 0 aliphatic rings. The van der Waals surface area contributed by atoms with E-state index in [1.807, 2.05) is 0 Å². The van der Waals surface area contributed by atoms with E-state index in [1.165, 1.54) is 57.8 Å². The molecule has 0 unspecified atom stereocenters. The summed E-state index contributed by atoms with van der Waals surface area (Å²) in [5.41, 5.74) is 0. The molecular weight excluding hydrogens is 251 g/mol. The smallest absolute Gasteiger partial charge is 0.759 e. The van der Waals surface area contributed by atoms with Crippen LogP contribution in [0.2, 0.25) is 0 Å². The van der Waals surface area contributed by atoms with E-state index < -0.39 is 10.4 Å². The molecule has 0 aliphatic carbocycles. The van der Waals surface area contributed by atoms with Gasteiger partial charge in [-0.15, -0.1) is 0 Å². The maximum absolute atomic E-state index is 8.52. The molecule has 0 atom stereocenters. The van der Waals surface area contributed by atoms with Crippen LogP contribution in [0.15, 0.2) is 0 Å². The van der Waals surface area contributed by atoms with Gasteiger partial charge in [-0.2, -0.15) is 0 Å². The van der Waals surface area contributed by atoms with Crippen molar-refractivity contribution in [2.45, 2.75) is 71.6 Å². The summed E-state index contributed by atoms with van der Waals surface area (Å²) in [4.78, 5) is 0. The molecule has 0 aromatic rings. The third kappa shape index (κ3) is 47.4. The fraction of sp³-hybridized carbons (Fsp3) is 1.00. The van der Waals surface area contributed by atoms with Gasteiger partial charge in [0, 0.05) is 10.4 Å². The Kier molecular flexibility index (Phi) is 22.8. The monoisotopic (exact) mass is 275 g/mol. The molecular formula is C11H24NaO4S-. The summed E-state index contributed by atoms with van der Waals surface area (Å²) in [6, 6.07) is 0. The Morgan fingerprint density at radius 1 is 0.706 bits per heavy atom. The third-order valence-corrected chi connectivity index (χ3v) is 2.21. The summed E-state index contributed by atoms with van der Waals surface area (Å²) in [6.45, 7) is 4.55. The van der Waals surface area contributed by atoms with Crippen LogP contribution in [0.4, 0.5) is 0 Å². The van der Waals surface area contributed by atoms with Gasteiger partial charge >= 0.3 is 29.6 Å². The van der Waals surface area contributed by atoms with Crippen LogP contribution in [-0.2, 0) is 10.4 Å². The van der Waals surface area contributed by atoms with Crippen molar-refractivity contribution in [1.82, 2.24) is 0 Å². The molecule has 100 valence electrons. The fourth-order valence-corrected chi connectivity index (χ4v) is 1.38. The zero-order valence-electron chi connectivity index (χ0n) is 11.4. The predicted octanol–water partition coefficient (Wildman–Crippen LogP) is 0.203. The minimum Gasteiger partial charge on any atom is -0.759 e. The normalized spacial score (nSPS) is 10.1. The van der Waals surface area contributed by atoms with Gasteiger partial charge in [-0.3, -0.25) is 8.42 Å². The number of hydrogen-bond acceptors (Lipinski definition) is 4. The minimum absolute atomic E-state index is 0. The van der Waals surface area contributed by atoms with Crippen molar-refractivity contribution in [1.29, 1.82) is 0 Å². The Balaban J connectivity index is -0.000000280. The molecule has 0 spiro atoms. The fourth-order valence-electron chi connectivity index (χ4n) is 1.38. The molecule has 0 heterocycles. The van der Waals surface area contributed by atoms with E-state index in [-0.39, 0.29) is 29.6 Å². The van der Waals surface area contributed by atoms with Crippen LogP contribution in [0.3, 0.4) is 0 Å². The van der Waals surface area contributed by atoms with Crippen molar-refractivity contribution in [3.05, 3.63) is 0 Å².